The highest BCUT2D eigenvalue weighted by Crippen LogP contribution is 2.39. The zero-order valence-corrected chi connectivity index (χ0v) is 22.6. The van der Waals surface area contributed by atoms with Gasteiger partial charge in [-0.15, -0.1) is 0 Å². The van der Waals surface area contributed by atoms with Gasteiger partial charge in [0.05, 0.1) is 28.7 Å². The van der Waals surface area contributed by atoms with Crippen LogP contribution >= 0.6 is 0 Å². The van der Waals surface area contributed by atoms with Crippen LogP contribution in [0.25, 0.3) is 0 Å². The van der Waals surface area contributed by atoms with Crippen molar-refractivity contribution in [3.05, 3.63) is 29.3 Å². The maximum absolute atomic E-state index is 13.1. The number of anilines is 1. The molecule has 1 atom stereocenters. The Morgan fingerprint density at radius 2 is 1.40 bits per heavy atom. The number of sulfone groups is 1. The van der Waals surface area contributed by atoms with Crippen LogP contribution in [-0.2, 0) is 20.8 Å². The van der Waals surface area contributed by atoms with Gasteiger partial charge in [-0.1, -0.05) is 38.5 Å². The summed E-state index contributed by atoms with van der Waals surface area (Å²) in [5.41, 5.74) is -3.91. The zero-order chi connectivity index (χ0) is 30.8. The smallest absolute Gasteiger partial charge is 0.380 e. The maximum Gasteiger partial charge on any atom is 0.453 e. The third kappa shape index (κ3) is 12.0. The van der Waals surface area contributed by atoms with Crippen LogP contribution in [0.5, 0.6) is 0 Å². The number of hydrogen-bond acceptors (Lipinski definition) is 5. The predicted octanol–water partition coefficient (Wildman–Crippen LogP) is 6.78. The van der Waals surface area contributed by atoms with Crippen molar-refractivity contribution >= 4 is 21.4 Å². The molecule has 228 valence electrons. The monoisotopic (exact) mass is 608 g/mol. The number of carbonyl (C=O) groups excluding carboxylic acids is 1. The third-order valence-electron chi connectivity index (χ3n) is 6.17. The Hall–Kier alpha value is -2.47. The number of nitrogens with one attached hydrogen (secondary N) is 1. The SMILES string of the molecule is C[C@](O)(CCCCCCCCCS(=O)(=O)CCCC(F)(F)C(F)(F)F)C(=O)Nc1ccc(C#N)c(C(F)(F)F)c1. The van der Waals surface area contributed by atoms with Crippen molar-refractivity contribution in [2.45, 2.75) is 95.0 Å². The third-order valence-corrected chi connectivity index (χ3v) is 7.99. The van der Waals surface area contributed by atoms with Crippen molar-refractivity contribution in [2.24, 2.45) is 0 Å². The summed E-state index contributed by atoms with van der Waals surface area (Å²) >= 11 is 0. The first-order valence-corrected chi connectivity index (χ1v) is 14.3. The normalized spacial score (nSPS) is 14.4. The summed E-state index contributed by atoms with van der Waals surface area (Å²) in [6.07, 6.45) is -9.11. The number of halogens is 8. The van der Waals surface area contributed by atoms with Crippen molar-refractivity contribution in [1.29, 1.82) is 5.26 Å². The first-order valence-electron chi connectivity index (χ1n) is 12.5. The summed E-state index contributed by atoms with van der Waals surface area (Å²) in [4.78, 5) is 12.4. The number of carbonyl (C=O) groups is 1. The van der Waals surface area contributed by atoms with Gasteiger partial charge >= 0.3 is 18.3 Å². The lowest BCUT2D eigenvalue weighted by Gasteiger charge is -2.22. The van der Waals surface area contributed by atoms with E-state index in [1.165, 1.54) is 13.0 Å². The molecule has 6 nitrogen and oxygen atoms in total. The van der Waals surface area contributed by atoms with E-state index in [2.05, 4.69) is 5.32 Å². The van der Waals surface area contributed by atoms with E-state index in [0.717, 1.165) is 12.1 Å². The molecule has 0 saturated carbocycles. The lowest BCUT2D eigenvalue weighted by molar-refractivity contribution is -0.284. The van der Waals surface area contributed by atoms with E-state index in [-0.39, 0.29) is 24.3 Å². The van der Waals surface area contributed by atoms with Gasteiger partial charge in [0.25, 0.3) is 5.91 Å². The Kier molecular flexibility index (Phi) is 12.8. The Morgan fingerprint density at radius 1 is 0.875 bits per heavy atom. The Labute approximate surface area is 227 Å². The summed E-state index contributed by atoms with van der Waals surface area (Å²) in [5.74, 6) is -6.90. The van der Waals surface area contributed by atoms with E-state index in [1.807, 2.05) is 0 Å². The number of benzene rings is 1. The van der Waals surface area contributed by atoms with E-state index >= 15 is 0 Å². The van der Waals surface area contributed by atoms with Crippen molar-refractivity contribution in [3.63, 3.8) is 0 Å². The highest BCUT2D eigenvalue weighted by atomic mass is 32.2. The van der Waals surface area contributed by atoms with E-state index in [4.69, 9.17) is 5.26 Å². The molecule has 0 fully saturated rings. The zero-order valence-electron chi connectivity index (χ0n) is 21.8. The summed E-state index contributed by atoms with van der Waals surface area (Å²) < 4.78 is 125. The molecule has 1 aromatic carbocycles. The minimum Gasteiger partial charge on any atom is -0.380 e. The first kappa shape index (κ1) is 35.6. The minimum atomic E-state index is -5.71. The molecule has 0 spiro atoms. The number of nitriles is 1. The Bertz CT molecular complexity index is 1130. The van der Waals surface area contributed by atoms with Gasteiger partial charge in [-0.2, -0.15) is 40.4 Å². The molecule has 0 radical (unpaired) electrons. The number of hydrogen-bond donors (Lipinski definition) is 2. The molecule has 1 amide bonds. The van der Waals surface area contributed by atoms with Crippen LogP contribution in [0.1, 0.15) is 82.3 Å². The van der Waals surface area contributed by atoms with Gasteiger partial charge in [0.1, 0.15) is 15.4 Å². The van der Waals surface area contributed by atoms with Crippen LogP contribution in [0.15, 0.2) is 18.2 Å². The largest absolute Gasteiger partial charge is 0.453 e. The molecule has 1 aromatic rings. The molecule has 0 aliphatic heterocycles. The molecule has 0 unspecified atom stereocenters. The van der Waals surface area contributed by atoms with Crippen molar-refractivity contribution < 1.29 is 53.4 Å². The fourth-order valence-electron chi connectivity index (χ4n) is 3.77. The molecule has 15 heteroatoms. The van der Waals surface area contributed by atoms with Gasteiger partial charge in [-0.3, -0.25) is 4.79 Å². The predicted molar refractivity (Wildman–Crippen MR) is 131 cm³/mol. The quantitative estimate of drug-likeness (QED) is 0.159. The van der Waals surface area contributed by atoms with Gasteiger partial charge in [0, 0.05) is 12.1 Å². The molecule has 0 aliphatic carbocycles. The van der Waals surface area contributed by atoms with Gasteiger partial charge in [0.15, 0.2) is 0 Å². The van der Waals surface area contributed by atoms with Crippen LogP contribution in [0, 0.1) is 11.3 Å². The second-order valence-corrected chi connectivity index (χ2v) is 12.1. The molecule has 0 aromatic heterocycles. The van der Waals surface area contributed by atoms with E-state index in [9.17, 15) is 53.4 Å². The number of aliphatic hydroxyl groups is 1. The van der Waals surface area contributed by atoms with Crippen LogP contribution in [-0.4, -0.2) is 48.6 Å². The highest BCUT2D eigenvalue weighted by Gasteiger charge is 2.56. The molecule has 1 rings (SSSR count). The number of unbranched alkanes of at least 4 members (excludes halogenated alkanes) is 6. The van der Waals surface area contributed by atoms with E-state index in [1.54, 1.807) is 0 Å². The van der Waals surface area contributed by atoms with Gasteiger partial charge in [0.2, 0.25) is 0 Å². The van der Waals surface area contributed by atoms with Crippen LogP contribution < -0.4 is 5.32 Å². The minimum absolute atomic E-state index is 0.0207. The van der Waals surface area contributed by atoms with Crippen LogP contribution in [0.4, 0.5) is 40.8 Å². The fourth-order valence-corrected chi connectivity index (χ4v) is 5.20. The Balaban J connectivity index is 2.31. The highest BCUT2D eigenvalue weighted by molar-refractivity contribution is 7.91. The van der Waals surface area contributed by atoms with E-state index < -0.39 is 69.3 Å². The van der Waals surface area contributed by atoms with Crippen molar-refractivity contribution in [1.82, 2.24) is 0 Å². The molecule has 0 heterocycles. The summed E-state index contributed by atoms with van der Waals surface area (Å²) in [6.45, 7) is 1.22. The van der Waals surface area contributed by atoms with Crippen LogP contribution in [0.3, 0.4) is 0 Å². The summed E-state index contributed by atoms with van der Waals surface area (Å²) in [6, 6.07) is 4.09. The Morgan fingerprint density at radius 3 is 1.93 bits per heavy atom. The standard InChI is InChI=1S/C25H32F8N2O4S/c1-22(37,21(36)35-19-11-10-18(17-34)20(16-19)24(28,29)30)12-7-5-3-2-4-6-8-14-40(38,39)15-9-13-23(26,27)25(31,32)33/h10-11,16,37H,2-9,12-15H2,1H3,(H,35,36)/t22-/m0/s1. The van der Waals surface area contributed by atoms with Crippen LogP contribution in [0.2, 0.25) is 0 Å². The van der Waals surface area contributed by atoms with Crippen molar-refractivity contribution in [3.8, 4) is 6.07 Å². The molecule has 2 N–H and O–H groups in total. The summed E-state index contributed by atoms with van der Waals surface area (Å²) in [7, 11) is -3.75. The van der Waals surface area contributed by atoms with Gasteiger partial charge in [-0.05, 0) is 44.4 Å². The van der Waals surface area contributed by atoms with Gasteiger partial charge < -0.3 is 10.4 Å². The molecule has 0 saturated heterocycles. The lowest BCUT2D eigenvalue weighted by Crippen LogP contribution is -2.40. The second kappa shape index (κ2) is 14.4. The molecular weight excluding hydrogens is 576 g/mol. The fraction of sp³-hybridized carbons (Fsp3) is 0.680. The number of rotatable bonds is 16. The van der Waals surface area contributed by atoms with E-state index in [0.29, 0.717) is 44.6 Å². The molecular formula is C25H32F8N2O4S. The number of amides is 1. The second-order valence-electron chi connectivity index (χ2n) is 9.78. The topological polar surface area (TPSA) is 107 Å². The molecule has 0 bridgehead atoms. The average Bonchev–Trinajstić information content (AvgIpc) is 2.81. The summed E-state index contributed by atoms with van der Waals surface area (Å²) in [5, 5.41) is 21.5. The number of nitrogens with zero attached hydrogens (tertiary/aromatic N) is 1. The lowest BCUT2D eigenvalue weighted by atomic mass is 9.96. The molecule has 0 aliphatic rings. The maximum atomic E-state index is 13.1. The number of alkyl halides is 8. The molecule has 40 heavy (non-hydrogen) atoms. The van der Waals surface area contributed by atoms with Crippen molar-refractivity contribution in [2.75, 3.05) is 16.8 Å². The first-order chi connectivity index (χ1) is 18.2. The average molecular weight is 609 g/mol. The van der Waals surface area contributed by atoms with Gasteiger partial charge in [-0.25, -0.2) is 8.42 Å².